The van der Waals surface area contributed by atoms with E-state index in [9.17, 15) is 14.4 Å². The number of hydrogen-bond donors (Lipinski definition) is 1. The zero-order valence-corrected chi connectivity index (χ0v) is 17.6. The van der Waals surface area contributed by atoms with E-state index in [2.05, 4.69) is 14.5 Å². The maximum absolute atomic E-state index is 13.1. The fraction of sp³-hybridized carbons (Fsp3) is 0.579. The highest BCUT2D eigenvalue weighted by Crippen LogP contribution is 2.21. The van der Waals surface area contributed by atoms with Crippen molar-refractivity contribution in [1.82, 2.24) is 28.0 Å². The zero-order chi connectivity index (χ0) is 21.6. The average Bonchev–Trinajstić information content (AvgIpc) is 3.22. The molecule has 1 aliphatic rings. The Hall–Kier alpha value is -2.92. The van der Waals surface area contributed by atoms with E-state index in [-0.39, 0.29) is 5.52 Å². The number of imidazole rings is 2. The van der Waals surface area contributed by atoms with Gasteiger partial charge in [-0.05, 0) is 20.3 Å². The van der Waals surface area contributed by atoms with Crippen molar-refractivity contribution in [2.24, 2.45) is 12.8 Å². The van der Waals surface area contributed by atoms with Gasteiger partial charge in [0.15, 0.2) is 11.2 Å². The number of ether oxygens (including phenoxy) is 1. The molecule has 30 heavy (non-hydrogen) atoms. The number of morpholine rings is 1. The number of carbonyl (C=O) groups excluding carboxylic acids is 1. The maximum Gasteiger partial charge on any atom is 0.332 e. The van der Waals surface area contributed by atoms with Crippen LogP contribution in [0.1, 0.15) is 17.8 Å². The predicted molar refractivity (Wildman–Crippen MR) is 111 cm³/mol. The summed E-state index contributed by atoms with van der Waals surface area (Å²) in [5.74, 6) is -0.131. The van der Waals surface area contributed by atoms with Gasteiger partial charge in [0.1, 0.15) is 6.54 Å². The Morgan fingerprint density at radius 1 is 1.10 bits per heavy atom. The fourth-order valence-electron chi connectivity index (χ4n) is 4.16. The first-order valence-corrected chi connectivity index (χ1v) is 10.1. The van der Waals surface area contributed by atoms with Gasteiger partial charge >= 0.3 is 5.69 Å². The second-order valence-corrected chi connectivity index (χ2v) is 7.75. The summed E-state index contributed by atoms with van der Waals surface area (Å²) < 4.78 is 11.4. The number of rotatable bonds is 6. The van der Waals surface area contributed by atoms with Crippen molar-refractivity contribution in [2.75, 3.05) is 32.8 Å². The lowest BCUT2D eigenvalue weighted by molar-refractivity contribution is -0.118. The van der Waals surface area contributed by atoms with Gasteiger partial charge in [0.05, 0.1) is 13.2 Å². The van der Waals surface area contributed by atoms with Crippen molar-refractivity contribution in [2.45, 2.75) is 33.4 Å². The summed E-state index contributed by atoms with van der Waals surface area (Å²) in [4.78, 5) is 44.0. The first-order chi connectivity index (χ1) is 14.3. The number of nitrogens with two attached hydrogens (primary N) is 1. The summed E-state index contributed by atoms with van der Waals surface area (Å²) in [6.45, 7) is 8.56. The van der Waals surface area contributed by atoms with Crippen LogP contribution in [0, 0.1) is 13.8 Å². The number of fused-ring (bicyclic) bond motifs is 3. The minimum Gasteiger partial charge on any atom is -0.379 e. The summed E-state index contributed by atoms with van der Waals surface area (Å²) in [6.07, 6.45) is 0.929. The molecule has 1 saturated heterocycles. The van der Waals surface area contributed by atoms with Crippen LogP contribution in [-0.2, 0) is 29.7 Å². The largest absolute Gasteiger partial charge is 0.379 e. The SMILES string of the molecule is Cc1c(C)n2c3c(=O)n(CC(N)=O)c(=O)n(C)c3nc2n1CCCN1CCOCC1. The first-order valence-electron chi connectivity index (χ1n) is 10.1. The van der Waals surface area contributed by atoms with Crippen LogP contribution in [0.15, 0.2) is 9.59 Å². The third-order valence-corrected chi connectivity index (χ3v) is 5.90. The quantitative estimate of drug-likeness (QED) is 0.548. The number of carbonyl (C=O) groups is 1. The van der Waals surface area contributed by atoms with E-state index in [0.29, 0.717) is 11.4 Å². The van der Waals surface area contributed by atoms with Crippen LogP contribution < -0.4 is 17.0 Å². The van der Waals surface area contributed by atoms with Crippen molar-refractivity contribution in [3.05, 3.63) is 32.2 Å². The van der Waals surface area contributed by atoms with Crippen molar-refractivity contribution < 1.29 is 9.53 Å². The molecule has 4 rings (SSSR count). The number of primary amides is 1. The lowest BCUT2D eigenvalue weighted by Crippen LogP contribution is -2.42. The Labute approximate surface area is 172 Å². The molecule has 0 spiro atoms. The third kappa shape index (κ3) is 3.23. The molecule has 11 heteroatoms. The molecular formula is C19H27N7O4. The van der Waals surface area contributed by atoms with Crippen molar-refractivity contribution >= 4 is 22.8 Å². The van der Waals surface area contributed by atoms with E-state index < -0.39 is 23.7 Å². The van der Waals surface area contributed by atoms with Crippen LogP contribution >= 0.6 is 0 Å². The van der Waals surface area contributed by atoms with E-state index in [0.717, 1.165) is 61.8 Å². The maximum atomic E-state index is 13.1. The molecule has 3 aromatic rings. The summed E-state index contributed by atoms with van der Waals surface area (Å²) in [7, 11) is 1.54. The Balaban J connectivity index is 1.79. The Kier molecular flexibility index (Phi) is 5.24. The van der Waals surface area contributed by atoms with Crippen LogP contribution in [0.3, 0.4) is 0 Å². The molecule has 0 aliphatic carbocycles. The normalized spacial score (nSPS) is 15.4. The van der Waals surface area contributed by atoms with Gasteiger partial charge in [0, 0.05) is 44.6 Å². The van der Waals surface area contributed by atoms with Gasteiger partial charge in [-0.2, -0.15) is 4.98 Å². The van der Waals surface area contributed by atoms with Gasteiger partial charge in [0.2, 0.25) is 11.7 Å². The van der Waals surface area contributed by atoms with E-state index >= 15 is 0 Å². The molecule has 2 N–H and O–H groups in total. The highest BCUT2D eigenvalue weighted by atomic mass is 16.5. The smallest absolute Gasteiger partial charge is 0.332 e. The molecule has 11 nitrogen and oxygen atoms in total. The average molecular weight is 417 g/mol. The van der Waals surface area contributed by atoms with Gasteiger partial charge < -0.3 is 15.0 Å². The topological polar surface area (TPSA) is 122 Å². The van der Waals surface area contributed by atoms with Crippen LogP contribution in [0.5, 0.6) is 0 Å². The molecule has 0 bridgehead atoms. The molecule has 3 aromatic heterocycles. The number of nitrogens with zero attached hydrogens (tertiary/aromatic N) is 6. The molecule has 4 heterocycles. The minimum atomic E-state index is -0.747. The first kappa shape index (κ1) is 20.4. The Morgan fingerprint density at radius 3 is 2.47 bits per heavy atom. The zero-order valence-electron chi connectivity index (χ0n) is 17.6. The standard InChI is InChI=1S/C19H27N7O4/c1-12-13(2)26-15-16(22(3)19(29)25(17(15)28)11-14(20)27)21-18(26)24(12)6-4-5-23-7-9-30-10-8-23/h4-11H2,1-3H3,(H2,20,27). The van der Waals surface area contributed by atoms with Crippen molar-refractivity contribution in [3.8, 4) is 0 Å². The van der Waals surface area contributed by atoms with E-state index in [4.69, 9.17) is 10.5 Å². The molecule has 162 valence electrons. The number of hydrogen-bond acceptors (Lipinski definition) is 6. The van der Waals surface area contributed by atoms with Crippen LogP contribution in [0.2, 0.25) is 0 Å². The van der Waals surface area contributed by atoms with Gasteiger partial charge in [-0.1, -0.05) is 0 Å². The number of aryl methyl sites for hydroxylation is 3. The predicted octanol–water partition coefficient (Wildman–Crippen LogP) is -1.03. The van der Waals surface area contributed by atoms with E-state index in [1.54, 1.807) is 11.4 Å². The van der Waals surface area contributed by atoms with E-state index in [1.807, 2.05) is 13.8 Å². The second-order valence-electron chi connectivity index (χ2n) is 7.75. The minimum absolute atomic E-state index is 0.279. The highest BCUT2D eigenvalue weighted by Gasteiger charge is 2.23. The molecule has 0 aromatic carbocycles. The van der Waals surface area contributed by atoms with Gasteiger partial charge in [-0.25, -0.2) is 9.36 Å². The number of aromatic nitrogens is 5. The molecular weight excluding hydrogens is 390 g/mol. The Morgan fingerprint density at radius 2 is 1.80 bits per heavy atom. The molecule has 0 saturated carbocycles. The molecule has 1 fully saturated rings. The van der Waals surface area contributed by atoms with Gasteiger partial charge in [-0.3, -0.25) is 23.5 Å². The molecule has 0 unspecified atom stereocenters. The lowest BCUT2D eigenvalue weighted by Gasteiger charge is -2.26. The molecule has 0 atom stereocenters. The summed E-state index contributed by atoms with van der Waals surface area (Å²) in [5.41, 5.74) is 6.52. The monoisotopic (exact) mass is 417 g/mol. The lowest BCUT2D eigenvalue weighted by atomic mass is 10.3. The molecule has 1 amide bonds. The second kappa shape index (κ2) is 7.73. The summed E-state index contributed by atoms with van der Waals surface area (Å²) >= 11 is 0. The van der Waals surface area contributed by atoms with Crippen LogP contribution in [0.25, 0.3) is 16.9 Å². The highest BCUT2D eigenvalue weighted by molar-refractivity contribution is 5.77. The van der Waals surface area contributed by atoms with Crippen molar-refractivity contribution in [3.63, 3.8) is 0 Å². The summed E-state index contributed by atoms with van der Waals surface area (Å²) in [5, 5.41) is 0. The van der Waals surface area contributed by atoms with Crippen LogP contribution in [0.4, 0.5) is 0 Å². The van der Waals surface area contributed by atoms with Crippen molar-refractivity contribution in [1.29, 1.82) is 0 Å². The third-order valence-electron chi connectivity index (χ3n) is 5.90. The van der Waals surface area contributed by atoms with Gasteiger partial charge in [0.25, 0.3) is 5.56 Å². The van der Waals surface area contributed by atoms with E-state index in [1.165, 1.54) is 4.57 Å². The van der Waals surface area contributed by atoms with Gasteiger partial charge in [-0.15, -0.1) is 0 Å². The van der Waals surface area contributed by atoms with Crippen LogP contribution in [-0.4, -0.2) is 66.7 Å². The Bertz CT molecular complexity index is 1240. The number of amides is 1. The summed E-state index contributed by atoms with van der Waals surface area (Å²) in [6, 6.07) is 0. The fourth-order valence-corrected chi connectivity index (χ4v) is 4.16. The molecule has 0 radical (unpaired) electrons. The molecule has 1 aliphatic heterocycles.